The molecule has 1 atom stereocenters. The van der Waals surface area contributed by atoms with E-state index in [0.29, 0.717) is 5.84 Å². The smallest absolute Gasteiger partial charge is 0.347 e. The van der Waals surface area contributed by atoms with Gasteiger partial charge in [0.15, 0.2) is 0 Å². The zero-order chi connectivity index (χ0) is 13.3. The van der Waals surface area contributed by atoms with E-state index in [1.54, 1.807) is 4.90 Å². The van der Waals surface area contributed by atoms with E-state index in [9.17, 15) is 4.79 Å². The largest absolute Gasteiger partial charge is 0.385 e. The molecule has 1 spiro atoms. The number of carbonyl (C=O) groups excluding carboxylic acids is 1. The zero-order valence-electron chi connectivity index (χ0n) is 11.1. The summed E-state index contributed by atoms with van der Waals surface area (Å²) in [6.45, 7) is 4.07. The van der Waals surface area contributed by atoms with Crippen LogP contribution in [0, 0.1) is 18.3 Å². The van der Waals surface area contributed by atoms with E-state index in [1.165, 1.54) is 6.42 Å². The third kappa shape index (κ3) is 1.78. The normalized spacial score (nSPS) is 33.4. The maximum absolute atomic E-state index is 12.0. The fraction of sp³-hybridized carbons (Fsp3) is 0.714. The van der Waals surface area contributed by atoms with Crippen LogP contribution in [0.5, 0.6) is 0 Å². The van der Waals surface area contributed by atoms with Gasteiger partial charge in [0.2, 0.25) is 0 Å². The first kappa shape index (κ1) is 12.9. The highest BCUT2D eigenvalue weighted by atomic mass is 16.2. The molecule has 1 heterocycles. The van der Waals surface area contributed by atoms with Gasteiger partial charge in [-0.1, -0.05) is 19.3 Å². The van der Waals surface area contributed by atoms with Crippen molar-refractivity contribution in [2.75, 3.05) is 0 Å². The first-order chi connectivity index (χ1) is 8.55. The molecule has 1 saturated carbocycles. The number of hydrogen-bond acceptors (Lipinski definition) is 2. The van der Waals surface area contributed by atoms with Crippen LogP contribution in [0.3, 0.4) is 0 Å². The maximum atomic E-state index is 12.0. The van der Waals surface area contributed by atoms with Crippen LogP contribution in [0.4, 0.5) is 4.79 Å². The van der Waals surface area contributed by atoms with E-state index in [-0.39, 0.29) is 12.1 Å². The van der Waals surface area contributed by atoms with E-state index in [4.69, 9.17) is 12.2 Å². The molecule has 2 aliphatic rings. The van der Waals surface area contributed by atoms with Gasteiger partial charge in [-0.15, -0.1) is 6.42 Å². The van der Waals surface area contributed by atoms with Crippen LogP contribution >= 0.6 is 0 Å². The van der Waals surface area contributed by atoms with Gasteiger partial charge < -0.3 is 5.73 Å². The highest BCUT2D eigenvalue weighted by Crippen LogP contribution is 2.41. The number of terminal acetylenes is 1. The van der Waals surface area contributed by atoms with Crippen LogP contribution in [0.25, 0.3) is 0 Å². The van der Waals surface area contributed by atoms with Crippen LogP contribution in [0.2, 0.25) is 0 Å². The van der Waals surface area contributed by atoms with E-state index < -0.39 is 5.54 Å². The van der Waals surface area contributed by atoms with Gasteiger partial charge in [-0.05, 0) is 38.5 Å². The van der Waals surface area contributed by atoms with Crippen LogP contribution in [0.1, 0.15) is 46.0 Å². The summed E-state index contributed by atoms with van der Waals surface area (Å²) < 4.78 is 0. The number of hydrogen-bond donors (Lipinski definition) is 1. The Morgan fingerprint density at radius 2 is 2.22 bits per heavy atom. The van der Waals surface area contributed by atoms with E-state index in [2.05, 4.69) is 17.8 Å². The molecule has 1 aliphatic heterocycles. The van der Waals surface area contributed by atoms with Gasteiger partial charge >= 0.3 is 6.03 Å². The van der Waals surface area contributed by atoms with Crippen LogP contribution in [0.15, 0.2) is 4.99 Å². The quantitative estimate of drug-likeness (QED) is 0.760. The molecule has 0 aromatic rings. The molecule has 2 amide bonds. The maximum Gasteiger partial charge on any atom is 0.347 e. The Morgan fingerprint density at radius 3 is 2.72 bits per heavy atom. The van der Waals surface area contributed by atoms with Crippen molar-refractivity contribution in [1.82, 2.24) is 4.90 Å². The molecule has 2 N–H and O–H groups in total. The monoisotopic (exact) mass is 247 g/mol. The molecule has 18 heavy (non-hydrogen) atoms. The van der Waals surface area contributed by atoms with Crippen molar-refractivity contribution in [2.24, 2.45) is 16.6 Å². The second-order valence-electron chi connectivity index (χ2n) is 5.38. The van der Waals surface area contributed by atoms with Gasteiger partial charge in [0, 0.05) is 0 Å². The number of carbonyl (C=O) groups is 1. The Hall–Kier alpha value is -1.50. The van der Waals surface area contributed by atoms with Crippen LogP contribution < -0.4 is 5.73 Å². The number of rotatable bonds is 2. The minimum atomic E-state index is -0.408. The summed E-state index contributed by atoms with van der Waals surface area (Å²) in [6.07, 6.45) is 10.6. The molecular formula is C14H21N3O. The molecule has 1 aliphatic carbocycles. The molecule has 0 bridgehead atoms. The van der Waals surface area contributed by atoms with Gasteiger partial charge in [0.05, 0.1) is 6.04 Å². The van der Waals surface area contributed by atoms with Crippen molar-refractivity contribution in [1.29, 1.82) is 0 Å². The lowest BCUT2D eigenvalue weighted by atomic mass is 9.74. The topological polar surface area (TPSA) is 58.7 Å². The van der Waals surface area contributed by atoms with Gasteiger partial charge in [-0.3, -0.25) is 4.90 Å². The average molecular weight is 247 g/mol. The first-order valence-corrected chi connectivity index (χ1v) is 6.69. The van der Waals surface area contributed by atoms with Gasteiger partial charge in [-0.25, -0.2) is 4.79 Å². The Bertz CT molecular complexity index is 413. The summed E-state index contributed by atoms with van der Waals surface area (Å²) >= 11 is 0. The Morgan fingerprint density at radius 1 is 1.61 bits per heavy atom. The molecule has 0 aromatic carbocycles. The number of amides is 2. The molecule has 2 rings (SSSR count). The van der Waals surface area contributed by atoms with Crippen molar-refractivity contribution in [3.8, 4) is 12.3 Å². The van der Waals surface area contributed by atoms with Crippen LogP contribution in [-0.4, -0.2) is 28.3 Å². The lowest BCUT2D eigenvalue weighted by molar-refractivity contribution is 0.114. The van der Waals surface area contributed by atoms with E-state index in [1.807, 2.05) is 6.92 Å². The average Bonchev–Trinajstić information content (AvgIpc) is 2.61. The number of nitrogens with zero attached hydrogens (tertiary/aromatic N) is 2. The number of aliphatic imine (C=N–C) groups is 1. The molecule has 1 fully saturated rings. The van der Waals surface area contributed by atoms with Crippen LogP contribution in [-0.2, 0) is 0 Å². The van der Waals surface area contributed by atoms with Crippen molar-refractivity contribution in [3.05, 3.63) is 0 Å². The molecule has 0 aromatic heterocycles. The van der Waals surface area contributed by atoms with Crippen molar-refractivity contribution in [2.45, 2.75) is 57.5 Å². The number of amidine groups is 1. The second-order valence-corrected chi connectivity index (χ2v) is 5.38. The Kier molecular flexibility index (Phi) is 3.34. The fourth-order valence-electron chi connectivity index (χ4n) is 3.24. The molecule has 1 unspecified atom stereocenters. The fourth-order valence-corrected chi connectivity index (χ4v) is 3.24. The first-order valence-electron chi connectivity index (χ1n) is 6.69. The molecule has 0 saturated heterocycles. The zero-order valence-corrected chi connectivity index (χ0v) is 11.1. The van der Waals surface area contributed by atoms with Gasteiger partial charge in [-0.2, -0.15) is 4.99 Å². The predicted molar refractivity (Wildman–Crippen MR) is 72.1 cm³/mol. The second kappa shape index (κ2) is 4.64. The van der Waals surface area contributed by atoms with E-state index >= 15 is 0 Å². The van der Waals surface area contributed by atoms with Crippen molar-refractivity contribution in [3.63, 3.8) is 0 Å². The predicted octanol–water partition coefficient (Wildman–Crippen LogP) is 2.14. The highest BCUT2D eigenvalue weighted by Gasteiger charge is 2.51. The Balaban J connectivity index is 2.27. The standard InChI is InChI=1S/C14H21N3O/c1-4-10(3)17-13(18)16-12(15)14(17)8-6-11(5-2)7-9-14/h1,10-11H,5-9H2,2-3H3,(H2,15,16,18). The minimum absolute atomic E-state index is 0.250. The summed E-state index contributed by atoms with van der Waals surface area (Å²) in [4.78, 5) is 17.6. The molecular weight excluding hydrogens is 226 g/mol. The summed E-state index contributed by atoms with van der Waals surface area (Å²) in [5.41, 5.74) is 5.62. The molecule has 98 valence electrons. The minimum Gasteiger partial charge on any atom is -0.385 e. The summed E-state index contributed by atoms with van der Waals surface area (Å²) in [5, 5.41) is 0. The van der Waals surface area contributed by atoms with E-state index in [0.717, 1.165) is 31.6 Å². The molecule has 0 radical (unpaired) electrons. The van der Waals surface area contributed by atoms with Crippen molar-refractivity contribution < 1.29 is 4.79 Å². The SMILES string of the molecule is C#CC(C)N1C(=O)N=C(N)C12CCC(CC)CC2. The highest BCUT2D eigenvalue weighted by molar-refractivity contribution is 6.06. The summed E-state index contributed by atoms with van der Waals surface area (Å²) in [7, 11) is 0. The summed E-state index contributed by atoms with van der Waals surface area (Å²) in [6, 6.07) is -0.520. The molecule has 4 heteroatoms. The van der Waals surface area contributed by atoms with Crippen molar-refractivity contribution >= 4 is 11.9 Å². The molecule has 4 nitrogen and oxygen atoms in total. The third-order valence-corrected chi connectivity index (χ3v) is 4.50. The lowest BCUT2D eigenvalue weighted by Gasteiger charge is -2.44. The number of nitrogens with two attached hydrogens (primary N) is 1. The number of urea groups is 1. The van der Waals surface area contributed by atoms with Gasteiger partial charge in [0.1, 0.15) is 11.4 Å². The summed E-state index contributed by atoms with van der Waals surface area (Å²) in [5.74, 6) is 3.83. The third-order valence-electron chi connectivity index (χ3n) is 4.50. The Labute approximate surface area is 109 Å². The lowest BCUT2D eigenvalue weighted by Crippen LogP contribution is -2.58. The van der Waals surface area contributed by atoms with Gasteiger partial charge in [0.25, 0.3) is 0 Å².